The normalized spacial score (nSPS) is 11.7. The van der Waals surface area contributed by atoms with Gasteiger partial charge in [-0.1, -0.05) is 12.1 Å². The van der Waals surface area contributed by atoms with E-state index in [-0.39, 0.29) is 18.8 Å². The number of hydrogen-bond donors (Lipinski definition) is 0. The Morgan fingerprint density at radius 3 is 2.82 bits per heavy atom. The van der Waals surface area contributed by atoms with Gasteiger partial charge in [0.2, 0.25) is 0 Å². The Kier molecular flexibility index (Phi) is 5.24. The van der Waals surface area contributed by atoms with Crippen LogP contribution in [0.5, 0.6) is 5.75 Å². The Labute approximate surface area is 127 Å². The zero-order chi connectivity index (χ0) is 15.9. The third kappa shape index (κ3) is 3.69. The molecule has 7 nitrogen and oxygen atoms in total. The number of methoxy groups -OCH3 is 1. The van der Waals surface area contributed by atoms with E-state index in [4.69, 9.17) is 9.47 Å². The van der Waals surface area contributed by atoms with E-state index in [0.29, 0.717) is 11.3 Å². The molecule has 2 rings (SSSR count). The van der Waals surface area contributed by atoms with Gasteiger partial charge in [-0.15, -0.1) is 0 Å². The molecule has 0 radical (unpaired) electrons. The van der Waals surface area contributed by atoms with Crippen molar-refractivity contribution in [2.24, 2.45) is 0 Å². The second kappa shape index (κ2) is 7.35. The van der Waals surface area contributed by atoms with Crippen LogP contribution in [0, 0.1) is 0 Å². The number of hydrogen-bond acceptors (Lipinski definition) is 6. The monoisotopic (exact) mass is 303 g/mol. The molecule has 1 heterocycles. The molecule has 2 aromatic rings. The molecule has 0 aliphatic carbocycles. The summed E-state index contributed by atoms with van der Waals surface area (Å²) < 4.78 is 11.4. The fourth-order valence-electron chi connectivity index (χ4n) is 1.99. The first-order valence-electron chi connectivity index (χ1n) is 6.83. The highest BCUT2D eigenvalue weighted by molar-refractivity contribution is 5.98. The van der Waals surface area contributed by atoms with Gasteiger partial charge in [-0.05, 0) is 19.1 Å². The van der Waals surface area contributed by atoms with Gasteiger partial charge >= 0.3 is 5.97 Å². The minimum atomic E-state index is -0.832. The number of esters is 1. The molecule has 0 amide bonds. The van der Waals surface area contributed by atoms with Gasteiger partial charge < -0.3 is 9.47 Å². The molecule has 0 spiro atoms. The van der Waals surface area contributed by atoms with Gasteiger partial charge in [-0.2, -0.15) is 5.10 Å². The van der Waals surface area contributed by atoms with Crippen molar-refractivity contribution in [3.63, 3.8) is 0 Å². The Morgan fingerprint density at radius 1 is 1.36 bits per heavy atom. The minimum absolute atomic E-state index is 0.0602. The molecule has 7 heteroatoms. The maximum atomic E-state index is 12.4. The van der Waals surface area contributed by atoms with Crippen LogP contribution in [0.4, 0.5) is 0 Å². The van der Waals surface area contributed by atoms with E-state index in [1.165, 1.54) is 24.4 Å². The largest absolute Gasteiger partial charge is 0.497 e. The van der Waals surface area contributed by atoms with Crippen LogP contribution in [-0.2, 0) is 9.53 Å². The van der Waals surface area contributed by atoms with Crippen molar-refractivity contribution in [3.05, 3.63) is 42.5 Å². The van der Waals surface area contributed by atoms with Gasteiger partial charge in [-0.3, -0.25) is 4.79 Å². The molecule has 0 bridgehead atoms. The SMILES string of the molecule is CCOC(=O)C(CC(=O)c1cccc(OC)c1)n1cncn1. The maximum Gasteiger partial charge on any atom is 0.331 e. The van der Waals surface area contributed by atoms with Crippen molar-refractivity contribution in [2.45, 2.75) is 19.4 Å². The molecule has 0 aliphatic rings. The summed E-state index contributed by atoms with van der Waals surface area (Å²) in [5, 5.41) is 3.93. The van der Waals surface area contributed by atoms with Crippen LogP contribution in [0.1, 0.15) is 29.7 Å². The van der Waals surface area contributed by atoms with E-state index in [2.05, 4.69) is 10.1 Å². The number of aromatic nitrogens is 3. The van der Waals surface area contributed by atoms with Crippen molar-refractivity contribution < 1.29 is 19.1 Å². The first kappa shape index (κ1) is 15.7. The predicted octanol–water partition coefficient (Wildman–Crippen LogP) is 1.66. The lowest BCUT2D eigenvalue weighted by molar-refractivity contribution is -0.147. The van der Waals surface area contributed by atoms with E-state index in [1.807, 2.05) is 0 Å². The lowest BCUT2D eigenvalue weighted by Gasteiger charge is -2.15. The molecular weight excluding hydrogens is 286 g/mol. The van der Waals surface area contributed by atoms with E-state index in [9.17, 15) is 9.59 Å². The number of ketones is 1. The van der Waals surface area contributed by atoms with Crippen LogP contribution < -0.4 is 4.74 Å². The number of Topliss-reactive ketones (excluding diaryl/α,β-unsaturated/α-hetero) is 1. The van der Waals surface area contributed by atoms with Gasteiger partial charge in [-0.25, -0.2) is 14.5 Å². The van der Waals surface area contributed by atoms with E-state index in [1.54, 1.807) is 31.2 Å². The summed E-state index contributed by atoms with van der Waals surface area (Å²) in [6, 6.07) is 5.94. The third-order valence-corrected chi connectivity index (χ3v) is 3.09. The van der Waals surface area contributed by atoms with Crippen LogP contribution in [0.3, 0.4) is 0 Å². The number of benzene rings is 1. The van der Waals surface area contributed by atoms with Gasteiger partial charge in [0.25, 0.3) is 0 Å². The number of carbonyl (C=O) groups excluding carboxylic acids is 2. The van der Waals surface area contributed by atoms with Crippen LogP contribution in [-0.4, -0.2) is 40.2 Å². The van der Waals surface area contributed by atoms with Crippen molar-refractivity contribution >= 4 is 11.8 Å². The predicted molar refractivity (Wildman–Crippen MR) is 77.6 cm³/mol. The van der Waals surface area contributed by atoms with Gasteiger partial charge in [0.15, 0.2) is 11.8 Å². The van der Waals surface area contributed by atoms with Crippen LogP contribution in [0.25, 0.3) is 0 Å². The van der Waals surface area contributed by atoms with Crippen LogP contribution in [0.15, 0.2) is 36.9 Å². The topological polar surface area (TPSA) is 83.3 Å². The third-order valence-electron chi connectivity index (χ3n) is 3.09. The Morgan fingerprint density at radius 2 is 2.18 bits per heavy atom. The number of rotatable bonds is 7. The van der Waals surface area contributed by atoms with Crippen molar-refractivity contribution in [1.29, 1.82) is 0 Å². The Hall–Kier alpha value is -2.70. The first-order chi connectivity index (χ1) is 10.7. The maximum absolute atomic E-state index is 12.4. The first-order valence-corrected chi connectivity index (χ1v) is 6.83. The molecule has 1 aromatic heterocycles. The number of nitrogens with zero attached hydrogens (tertiary/aromatic N) is 3. The van der Waals surface area contributed by atoms with Crippen molar-refractivity contribution in [2.75, 3.05) is 13.7 Å². The summed E-state index contributed by atoms with van der Waals surface area (Å²) in [6.07, 6.45) is 2.64. The van der Waals surface area contributed by atoms with Crippen molar-refractivity contribution in [3.8, 4) is 5.75 Å². The summed E-state index contributed by atoms with van der Waals surface area (Å²) >= 11 is 0. The summed E-state index contributed by atoms with van der Waals surface area (Å²) in [4.78, 5) is 28.3. The zero-order valence-corrected chi connectivity index (χ0v) is 12.4. The second-order valence-corrected chi connectivity index (χ2v) is 4.50. The Balaban J connectivity index is 2.19. The van der Waals surface area contributed by atoms with E-state index >= 15 is 0 Å². The summed E-state index contributed by atoms with van der Waals surface area (Å²) in [6.45, 7) is 1.94. The highest BCUT2D eigenvalue weighted by atomic mass is 16.5. The second-order valence-electron chi connectivity index (χ2n) is 4.50. The average Bonchev–Trinajstić information content (AvgIpc) is 3.06. The zero-order valence-electron chi connectivity index (χ0n) is 12.4. The quantitative estimate of drug-likeness (QED) is 0.571. The molecule has 0 N–H and O–H groups in total. The average molecular weight is 303 g/mol. The molecular formula is C15H17N3O4. The van der Waals surface area contributed by atoms with Crippen LogP contribution in [0.2, 0.25) is 0 Å². The standard InChI is InChI=1S/C15H17N3O4/c1-3-22-15(20)13(18-10-16-9-17-18)8-14(19)11-5-4-6-12(7-11)21-2/h4-7,9-10,13H,3,8H2,1-2H3. The molecule has 0 saturated heterocycles. The fourth-order valence-corrected chi connectivity index (χ4v) is 1.99. The molecule has 0 fully saturated rings. The summed E-state index contributed by atoms with van der Waals surface area (Å²) in [5.41, 5.74) is 0.466. The molecule has 22 heavy (non-hydrogen) atoms. The molecule has 116 valence electrons. The van der Waals surface area contributed by atoms with E-state index in [0.717, 1.165) is 0 Å². The Bertz CT molecular complexity index is 640. The van der Waals surface area contributed by atoms with E-state index < -0.39 is 12.0 Å². The lowest BCUT2D eigenvalue weighted by Crippen LogP contribution is -2.25. The smallest absolute Gasteiger partial charge is 0.331 e. The number of ether oxygens (including phenoxy) is 2. The van der Waals surface area contributed by atoms with Gasteiger partial charge in [0.1, 0.15) is 18.4 Å². The molecule has 1 atom stereocenters. The fraction of sp³-hybridized carbons (Fsp3) is 0.333. The molecule has 1 unspecified atom stereocenters. The number of carbonyl (C=O) groups is 2. The van der Waals surface area contributed by atoms with Crippen LogP contribution >= 0.6 is 0 Å². The highest BCUT2D eigenvalue weighted by Gasteiger charge is 2.26. The highest BCUT2D eigenvalue weighted by Crippen LogP contribution is 2.19. The molecule has 0 saturated carbocycles. The lowest BCUT2D eigenvalue weighted by atomic mass is 10.0. The summed E-state index contributed by atoms with van der Waals surface area (Å²) in [7, 11) is 1.53. The van der Waals surface area contributed by atoms with Gasteiger partial charge in [0.05, 0.1) is 13.7 Å². The minimum Gasteiger partial charge on any atom is -0.497 e. The van der Waals surface area contributed by atoms with Crippen molar-refractivity contribution in [1.82, 2.24) is 14.8 Å². The summed E-state index contributed by atoms with van der Waals surface area (Å²) in [5.74, 6) is -0.129. The van der Waals surface area contributed by atoms with Gasteiger partial charge in [0, 0.05) is 12.0 Å². The molecule has 0 aliphatic heterocycles. The molecule has 1 aromatic carbocycles.